The van der Waals surface area contributed by atoms with Crippen LogP contribution in [-0.4, -0.2) is 50.3 Å². The molecule has 1 rings (SSSR count). The molecule has 3 nitrogen and oxygen atoms in total. The Balaban J connectivity index is 2.38. The van der Waals surface area contributed by atoms with Crippen molar-refractivity contribution in [2.45, 2.75) is 51.6 Å². The van der Waals surface area contributed by atoms with Gasteiger partial charge < -0.3 is 10.1 Å². The number of rotatable bonds is 7. The molecule has 0 aromatic rings. The summed E-state index contributed by atoms with van der Waals surface area (Å²) in [4.78, 5) is 2.60. The van der Waals surface area contributed by atoms with E-state index in [1.807, 2.05) is 0 Å². The van der Waals surface area contributed by atoms with Gasteiger partial charge in [0.15, 0.2) is 0 Å². The van der Waals surface area contributed by atoms with Crippen molar-refractivity contribution in [1.82, 2.24) is 10.2 Å². The van der Waals surface area contributed by atoms with Gasteiger partial charge >= 0.3 is 0 Å². The van der Waals surface area contributed by atoms with Crippen LogP contribution in [0.15, 0.2) is 0 Å². The Kier molecular flexibility index (Phi) is 7.01. The third-order valence-electron chi connectivity index (χ3n) is 3.54. The van der Waals surface area contributed by atoms with Gasteiger partial charge in [-0.15, -0.1) is 0 Å². The van der Waals surface area contributed by atoms with Gasteiger partial charge in [-0.3, -0.25) is 4.90 Å². The second kappa shape index (κ2) is 8.04. The number of piperidine rings is 1. The van der Waals surface area contributed by atoms with E-state index in [4.69, 9.17) is 4.74 Å². The molecule has 96 valence electrons. The predicted octanol–water partition coefficient (Wildman–Crippen LogP) is 1.88. The molecular formula is C13H28N2O. The molecule has 1 aliphatic rings. The van der Waals surface area contributed by atoms with E-state index in [2.05, 4.69) is 24.1 Å². The fourth-order valence-corrected chi connectivity index (χ4v) is 2.58. The van der Waals surface area contributed by atoms with E-state index in [9.17, 15) is 0 Å². The summed E-state index contributed by atoms with van der Waals surface area (Å²) in [6.45, 7) is 8.87. The largest absolute Gasteiger partial charge is 0.383 e. The zero-order chi connectivity index (χ0) is 11.8. The molecule has 1 saturated heterocycles. The second-order valence-electron chi connectivity index (χ2n) is 4.83. The van der Waals surface area contributed by atoms with Gasteiger partial charge in [0.05, 0.1) is 6.61 Å². The number of nitrogens with zero attached hydrogens (tertiary/aromatic N) is 1. The van der Waals surface area contributed by atoms with Gasteiger partial charge in [-0.1, -0.05) is 13.3 Å². The quantitative estimate of drug-likeness (QED) is 0.720. The lowest BCUT2D eigenvalue weighted by molar-refractivity contribution is 0.0800. The monoisotopic (exact) mass is 228 g/mol. The van der Waals surface area contributed by atoms with Crippen molar-refractivity contribution in [1.29, 1.82) is 0 Å². The van der Waals surface area contributed by atoms with E-state index in [0.717, 1.165) is 19.7 Å². The van der Waals surface area contributed by atoms with Gasteiger partial charge in [0.2, 0.25) is 0 Å². The van der Waals surface area contributed by atoms with Crippen molar-refractivity contribution in [2.24, 2.45) is 0 Å². The Morgan fingerprint density at radius 1 is 1.44 bits per heavy atom. The van der Waals surface area contributed by atoms with Gasteiger partial charge in [0.25, 0.3) is 0 Å². The Morgan fingerprint density at radius 3 is 2.94 bits per heavy atom. The van der Waals surface area contributed by atoms with Crippen LogP contribution in [0.25, 0.3) is 0 Å². The molecule has 0 bridgehead atoms. The lowest BCUT2D eigenvalue weighted by Gasteiger charge is -2.39. The summed E-state index contributed by atoms with van der Waals surface area (Å²) in [5, 5.41) is 3.63. The number of likely N-dealkylation sites (tertiary alicyclic amines) is 1. The summed E-state index contributed by atoms with van der Waals surface area (Å²) in [6, 6.07) is 1.31. The van der Waals surface area contributed by atoms with Crippen molar-refractivity contribution in [3.63, 3.8) is 0 Å². The van der Waals surface area contributed by atoms with Crippen LogP contribution < -0.4 is 5.32 Å². The van der Waals surface area contributed by atoms with Crippen LogP contribution >= 0.6 is 0 Å². The zero-order valence-electron chi connectivity index (χ0n) is 11.2. The highest BCUT2D eigenvalue weighted by atomic mass is 16.5. The maximum absolute atomic E-state index is 5.19. The molecule has 0 radical (unpaired) electrons. The van der Waals surface area contributed by atoms with Crippen LogP contribution in [0.4, 0.5) is 0 Å². The zero-order valence-corrected chi connectivity index (χ0v) is 11.2. The van der Waals surface area contributed by atoms with E-state index in [-0.39, 0.29) is 0 Å². The molecule has 0 spiro atoms. The lowest BCUT2D eigenvalue weighted by Crippen LogP contribution is -2.51. The maximum Gasteiger partial charge on any atom is 0.0589 e. The van der Waals surface area contributed by atoms with Crippen molar-refractivity contribution >= 4 is 0 Å². The first kappa shape index (κ1) is 13.9. The summed E-state index contributed by atoms with van der Waals surface area (Å²) >= 11 is 0. The normalized spacial score (nSPS) is 24.6. The first-order chi connectivity index (χ1) is 7.79. The molecule has 0 amide bonds. The molecule has 1 N–H and O–H groups in total. The fraction of sp³-hybridized carbons (Fsp3) is 1.00. The second-order valence-corrected chi connectivity index (χ2v) is 4.83. The SMILES string of the molecule is CCCNC(C)C1CCCCN1CCOC. The minimum absolute atomic E-state index is 0.608. The third-order valence-corrected chi connectivity index (χ3v) is 3.54. The number of hydrogen-bond donors (Lipinski definition) is 1. The average Bonchev–Trinajstić information content (AvgIpc) is 2.33. The Labute approximate surface area is 101 Å². The molecular weight excluding hydrogens is 200 g/mol. The molecule has 2 unspecified atom stereocenters. The molecule has 3 heteroatoms. The number of hydrogen-bond acceptors (Lipinski definition) is 3. The Bertz CT molecular complexity index is 175. The lowest BCUT2D eigenvalue weighted by atomic mass is 9.96. The standard InChI is InChI=1S/C13H28N2O/c1-4-8-14-12(2)13-7-5-6-9-15(13)10-11-16-3/h12-14H,4-11H2,1-3H3. The first-order valence-electron chi connectivity index (χ1n) is 6.76. The van der Waals surface area contributed by atoms with Crippen LogP contribution in [0.5, 0.6) is 0 Å². The summed E-state index contributed by atoms with van der Waals surface area (Å²) in [5.74, 6) is 0. The highest BCUT2D eigenvalue weighted by Crippen LogP contribution is 2.19. The number of nitrogens with one attached hydrogen (secondary N) is 1. The smallest absolute Gasteiger partial charge is 0.0589 e. The highest BCUT2D eigenvalue weighted by molar-refractivity contribution is 4.84. The summed E-state index contributed by atoms with van der Waals surface area (Å²) in [5.41, 5.74) is 0. The van der Waals surface area contributed by atoms with E-state index in [1.54, 1.807) is 7.11 Å². The summed E-state index contributed by atoms with van der Waals surface area (Å²) < 4.78 is 5.19. The van der Waals surface area contributed by atoms with E-state index >= 15 is 0 Å². The van der Waals surface area contributed by atoms with Gasteiger partial charge in [-0.2, -0.15) is 0 Å². The Morgan fingerprint density at radius 2 is 2.25 bits per heavy atom. The maximum atomic E-state index is 5.19. The first-order valence-corrected chi connectivity index (χ1v) is 6.76. The molecule has 0 aliphatic carbocycles. The Hall–Kier alpha value is -0.120. The topological polar surface area (TPSA) is 24.5 Å². The van der Waals surface area contributed by atoms with E-state index in [0.29, 0.717) is 12.1 Å². The minimum Gasteiger partial charge on any atom is -0.383 e. The van der Waals surface area contributed by atoms with Gasteiger partial charge in [0.1, 0.15) is 0 Å². The molecule has 0 saturated carbocycles. The molecule has 2 atom stereocenters. The molecule has 0 aromatic heterocycles. The number of ether oxygens (including phenoxy) is 1. The van der Waals surface area contributed by atoms with Crippen LogP contribution in [-0.2, 0) is 4.74 Å². The molecule has 1 aliphatic heterocycles. The number of methoxy groups -OCH3 is 1. The van der Waals surface area contributed by atoms with Crippen molar-refractivity contribution < 1.29 is 4.74 Å². The fourth-order valence-electron chi connectivity index (χ4n) is 2.58. The van der Waals surface area contributed by atoms with E-state index in [1.165, 1.54) is 32.2 Å². The minimum atomic E-state index is 0.608. The molecule has 16 heavy (non-hydrogen) atoms. The van der Waals surface area contributed by atoms with Gasteiger partial charge in [-0.25, -0.2) is 0 Å². The summed E-state index contributed by atoms with van der Waals surface area (Å²) in [6.07, 6.45) is 5.28. The van der Waals surface area contributed by atoms with Gasteiger partial charge in [0, 0.05) is 25.7 Å². The van der Waals surface area contributed by atoms with E-state index < -0.39 is 0 Å². The molecule has 0 aromatic carbocycles. The third kappa shape index (κ3) is 4.40. The molecule has 1 fully saturated rings. The summed E-state index contributed by atoms with van der Waals surface area (Å²) in [7, 11) is 1.79. The molecule has 1 heterocycles. The highest BCUT2D eigenvalue weighted by Gasteiger charge is 2.26. The van der Waals surface area contributed by atoms with Crippen molar-refractivity contribution in [3.8, 4) is 0 Å². The van der Waals surface area contributed by atoms with Crippen LogP contribution in [0.3, 0.4) is 0 Å². The van der Waals surface area contributed by atoms with Crippen molar-refractivity contribution in [3.05, 3.63) is 0 Å². The van der Waals surface area contributed by atoms with Crippen molar-refractivity contribution in [2.75, 3.05) is 33.4 Å². The van der Waals surface area contributed by atoms with Crippen LogP contribution in [0.2, 0.25) is 0 Å². The average molecular weight is 228 g/mol. The predicted molar refractivity (Wildman–Crippen MR) is 68.8 cm³/mol. The van der Waals surface area contributed by atoms with Crippen LogP contribution in [0.1, 0.15) is 39.5 Å². The van der Waals surface area contributed by atoms with Crippen LogP contribution in [0, 0.1) is 0 Å². The van der Waals surface area contributed by atoms with Gasteiger partial charge in [-0.05, 0) is 39.3 Å².